The second-order valence-corrected chi connectivity index (χ2v) is 6.21. The number of rotatable bonds is 3. The molecule has 1 fully saturated rings. The molecule has 1 heterocycles. The number of non-ortho nitro benzene ring substituents is 1. The van der Waals surface area contributed by atoms with Crippen molar-refractivity contribution in [1.82, 2.24) is 4.90 Å². The Morgan fingerprint density at radius 1 is 1.12 bits per heavy atom. The first-order chi connectivity index (χ1) is 12.4. The zero-order valence-corrected chi connectivity index (χ0v) is 14.4. The van der Waals surface area contributed by atoms with Gasteiger partial charge in [0.15, 0.2) is 0 Å². The van der Waals surface area contributed by atoms with E-state index in [4.69, 9.17) is 11.6 Å². The van der Waals surface area contributed by atoms with Gasteiger partial charge in [-0.2, -0.15) is 0 Å². The van der Waals surface area contributed by atoms with Crippen LogP contribution in [0.5, 0.6) is 0 Å². The van der Waals surface area contributed by atoms with Gasteiger partial charge in [0.2, 0.25) is 0 Å². The van der Waals surface area contributed by atoms with Crippen molar-refractivity contribution in [1.29, 1.82) is 0 Å². The molecule has 1 aliphatic rings. The number of hydrogen-bond donors (Lipinski definition) is 1. The fourth-order valence-electron chi connectivity index (χ4n) is 2.73. The van der Waals surface area contributed by atoms with Gasteiger partial charge in [-0.15, -0.1) is 0 Å². The van der Waals surface area contributed by atoms with Gasteiger partial charge in [-0.05, 0) is 30.3 Å². The minimum Gasteiger partial charge on any atom is -0.368 e. The van der Waals surface area contributed by atoms with E-state index in [9.17, 15) is 19.3 Å². The van der Waals surface area contributed by atoms with Crippen molar-refractivity contribution in [3.8, 4) is 0 Å². The lowest BCUT2D eigenvalue weighted by atomic mass is 10.2. The fraction of sp³-hybridized carbons (Fsp3) is 0.235. The Hall–Kier alpha value is -2.87. The number of hydrogen-bond acceptors (Lipinski definition) is 4. The molecular weight excluding hydrogens is 363 g/mol. The highest BCUT2D eigenvalue weighted by Crippen LogP contribution is 2.22. The van der Waals surface area contributed by atoms with Gasteiger partial charge in [-0.1, -0.05) is 11.6 Å². The van der Waals surface area contributed by atoms with E-state index >= 15 is 0 Å². The van der Waals surface area contributed by atoms with Crippen LogP contribution in [0.2, 0.25) is 5.02 Å². The van der Waals surface area contributed by atoms with E-state index in [0.29, 0.717) is 31.9 Å². The summed E-state index contributed by atoms with van der Waals surface area (Å²) in [4.78, 5) is 26.3. The van der Waals surface area contributed by atoms with Crippen molar-refractivity contribution in [3.05, 3.63) is 63.4 Å². The molecule has 0 aliphatic carbocycles. The number of urea groups is 1. The van der Waals surface area contributed by atoms with Crippen LogP contribution in [-0.4, -0.2) is 42.0 Å². The Labute approximate surface area is 154 Å². The number of piperazine rings is 1. The number of anilines is 2. The number of nitrogens with zero attached hydrogens (tertiary/aromatic N) is 3. The molecule has 2 aromatic rings. The normalized spacial score (nSPS) is 14.2. The molecule has 2 aromatic carbocycles. The molecule has 0 aromatic heterocycles. The second kappa shape index (κ2) is 7.57. The summed E-state index contributed by atoms with van der Waals surface area (Å²) in [5.74, 6) is -0.540. The van der Waals surface area contributed by atoms with Crippen LogP contribution >= 0.6 is 11.6 Å². The summed E-state index contributed by atoms with van der Waals surface area (Å²) >= 11 is 5.71. The number of nitro benzene ring substituents is 1. The van der Waals surface area contributed by atoms with Crippen LogP contribution in [0.15, 0.2) is 42.5 Å². The summed E-state index contributed by atoms with van der Waals surface area (Å²) in [6.07, 6.45) is 0. The molecule has 3 rings (SSSR count). The molecule has 1 aliphatic heterocycles. The molecular formula is C17H16ClFN4O3. The highest BCUT2D eigenvalue weighted by molar-refractivity contribution is 6.31. The van der Waals surface area contributed by atoms with E-state index in [1.54, 1.807) is 17.0 Å². The van der Waals surface area contributed by atoms with Crippen molar-refractivity contribution >= 4 is 34.7 Å². The average Bonchev–Trinajstić information content (AvgIpc) is 2.65. The Balaban J connectivity index is 1.56. The van der Waals surface area contributed by atoms with Crippen LogP contribution in [0.4, 0.5) is 26.2 Å². The van der Waals surface area contributed by atoms with Crippen molar-refractivity contribution < 1.29 is 14.1 Å². The first-order valence-electron chi connectivity index (χ1n) is 7.94. The predicted molar refractivity (Wildman–Crippen MR) is 97.3 cm³/mol. The Morgan fingerprint density at radius 2 is 1.77 bits per heavy atom. The Bertz CT molecular complexity index is 823. The molecule has 1 saturated heterocycles. The molecule has 0 unspecified atom stereocenters. The lowest BCUT2D eigenvalue weighted by Gasteiger charge is -2.36. The number of carbonyl (C=O) groups is 1. The van der Waals surface area contributed by atoms with E-state index in [1.807, 2.05) is 0 Å². The minimum absolute atomic E-state index is 0.0460. The topological polar surface area (TPSA) is 78.7 Å². The van der Waals surface area contributed by atoms with Crippen molar-refractivity contribution in [2.24, 2.45) is 0 Å². The van der Waals surface area contributed by atoms with Gasteiger partial charge in [-0.3, -0.25) is 10.1 Å². The first-order valence-corrected chi connectivity index (χ1v) is 8.32. The summed E-state index contributed by atoms with van der Waals surface area (Å²) < 4.78 is 13.2. The molecule has 136 valence electrons. The first kappa shape index (κ1) is 17.9. The minimum atomic E-state index is -0.540. The third-order valence-corrected chi connectivity index (χ3v) is 4.45. The summed E-state index contributed by atoms with van der Waals surface area (Å²) in [5.41, 5.74) is 1.35. The number of amides is 2. The Kier molecular flexibility index (Phi) is 5.22. The lowest BCUT2D eigenvalue weighted by Crippen LogP contribution is -2.50. The van der Waals surface area contributed by atoms with Gasteiger partial charge >= 0.3 is 6.03 Å². The molecule has 26 heavy (non-hydrogen) atoms. The van der Waals surface area contributed by atoms with E-state index in [1.165, 1.54) is 30.3 Å². The quantitative estimate of drug-likeness (QED) is 0.651. The van der Waals surface area contributed by atoms with Crippen LogP contribution in [0, 0.1) is 15.9 Å². The molecule has 0 saturated carbocycles. The summed E-state index contributed by atoms with van der Waals surface area (Å²) in [5, 5.41) is 13.4. The number of halogens is 2. The molecule has 9 heteroatoms. The molecule has 0 atom stereocenters. The van der Waals surface area contributed by atoms with Crippen LogP contribution in [0.25, 0.3) is 0 Å². The van der Waals surface area contributed by atoms with Crippen LogP contribution in [0.3, 0.4) is 0 Å². The third kappa shape index (κ3) is 4.02. The van der Waals surface area contributed by atoms with Gasteiger partial charge in [0.25, 0.3) is 5.69 Å². The average molecular weight is 379 g/mol. The molecule has 0 spiro atoms. The maximum Gasteiger partial charge on any atom is 0.321 e. The monoisotopic (exact) mass is 378 g/mol. The van der Waals surface area contributed by atoms with Gasteiger partial charge in [0.05, 0.1) is 9.95 Å². The van der Waals surface area contributed by atoms with E-state index in [0.717, 1.165) is 5.69 Å². The zero-order chi connectivity index (χ0) is 18.7. The fourth-order valence-corrected chi connectivity index (χ4v) is 2.91. The summed E-state index contributed by atoms with van der Waals surface area (Å²) in [6.45, 7) is 2.21. The second-order valence-electron chi connectivity index (χ2n) is 5.81. The highest BCUT2D eigenvalue weighted by atomic mass is 35.5. The SMILES string of the molecule is O=C(Nc1ccc(F)c(Cl)c1)N1CCN(c2ccc([N+](=O)[O-])cc2)CC1. The van der Waals surface area contributed by atoms with Gasteiger partial charge in [0.1, 0.15) is 5.82 Å². The smallest absolute Gasteiger partial charge is 0.321 e. The summed E-state index contributed by atoms with van der Waals surface area (Å²) in [7, 11) is 0. The molecule has 0 bridgehead atoms. The standard InChI is InChI=1S/C17H16ClFN4O3/c18-15-11-12(1-6-16(15)19)20-17(24)22-9-7-21(8-10-22)13-2-4-14(5-3-13)23(25)26/h1-6,11H,7-10H2,(H,20,24). The lowest BCUT2D eigenvalue weighted by molar-refractivity contribution is -0.384. The van der Waals surface area contributed by atoms with Crippen LogP contribution in [0.1, 0.15) is 0 Å². The van der Waals surface area contributed by atoms with Gasteiger partial charge in [-0.25, -0.2) is 9.18 Å². The Morgan fingerprint density at radius 3 is 2.35 bits per heavy atom. The number of carbonyl (C=O) groups excluding carboxylic acids is 1. The number of nitro groups is 1. The van der Waals surface area contributed by atoms with E-state index in [2.05, 4.69) is 10.2 Å². The maximum absolute atomic E-state index is 13.2. The highest BCUT2D eigenvalue weighted by Gasteiger charge is 2.22. The summed E-state index contributed by atoms with van der Waals surface area (Å²) in [6, 6.07) is 10.1. The zero-order valence-electron chi connectivity index (χ0n) is 13.7. The van der Waals surface area contributed by atoms with Crippen LogP contribution < -0.4 is 10.2 Å². The molecule has 7 nitrogen and oxygen atoms in total. The maximum atomic E-state index is 13.2. The van der Waals surface area contributed by atoms with Crippen molar-refractivity contribution in [3.63, 3.8) is 0 Å². The number of nitrogens with one attached hydrogen (secondary N) is 1. The van der Waals surface area contributed by atoms with Crippen molar-refractivity contribution in [2.75, 3.05) is 36.4 Å². The van der Waals surface area contributed by atoms with Crippen LogP contribution in [-0.2, 0) is 0 Å². The van der Waals surface area contributed by atoms with E-state index < -0.39 is 10.7 Å². The molecule has 2 amide bonds. The number of benzene rings is 2. The molecule has 1 N–H and O–H groups in total. The van der Waals surface area contributed by atoms with Crippen molar-refractivity contribution in [2.45, 2.75) is 0 Å². The predicted octanol–water partition coefficient (Wildman–Crippen LogP) is 3.74. The largest absolute Gasteiger partial charge is 0.368 e. The molecule has 0 radical (unpaired) electrons. The van der Waals surface area contributed by atoms with Gasteiger partial charge < -0.3 is 15.1 Å². The van der Waals surface area contributed by atoms with Gasteiger partial charge in [0, 0.05) is 49.7 Å². The third-order valence-electron chi connectivity index (χ3n) is 4.16. The van der Waals surface area contributed by atoms with E-state index in [-0.39, 0.29) is 16.7 Å².